The van der Waals surface area contributed by atoms with Gasteiger partial charge in [-0.3, -0.25) is 0 Å². The average Bonchev–Trinajstić information content (AvgIpc) is 3.35. The summed E-state index contributed by atoms with van der Waals surface area (Å²) in [6.07, 6.45) is 0. The van der Waals surface area contributed by atoms with Crippen LogP contribution in [-0.4, -0.2) is 39.1 Å². The van der Waals surface area contributed by atoms with E-state index in [0.29, 0.717) is 34.7 Å². The highest BCUT2D eigenvalue weighted by molar-refractivity contribution is 9.10. The van der Waals surface area contributed by atoms with Gasteiger partial charge in [-0.05, 0) is 59.3 Å². The fourth-order valence-electron chi connectivity index (χ4n) is 3.35. The molecule has 7 nitrogen and oxygen atoms in total. The summed E-state index contributed by atoms with van der Waals surface area (Å²) < 4.78 is 14.5. The van der Waals surface area contributed by atoms with Gasteiger partial charge in [0.2, 0.25) is 5.16 Å². The number of para-hydroxylation sites is 1. The van der Waals surface area contributed by atoms with Gasteiger partial charge < -0.3 is 14.8 Å². The van der Waals surface area contributed by atoms with Crippen LogP contribution in [0.1, 0.15) is 18.1 Å². The molecule has 0 saturated heterocycles. The molecule has 0 aliphatic heterocycles. The number of benzene rings is 3. The Labute approximate surface area is 232 Å². The van der Waals surface area contributed by atoms with Crippen molar-refractivity contribution >= 4 is 50.9 Å². The van der Waals surface area contributed by atoms with Gasteiger partial charge in [0.15, 0.2) is 11.5 Å². The molecule has 11 heteroatoms. The number of nitrogens with one attached hydrogen (secondary N) is 1. The zero-order chi connectivity index (χ0) is 25.3. The number of hydrogen-bond acceptors (Lipinski definition) is 7. The molecule has 1 aromatic heterocycles. The summed E-state index contributed by atoms with van der Waals surface area (Å²) in [5.41, 5.74) is 2.73. The van der Waals surface area contributed by atoms with Crippen molar-refractivity contribution in [3.05, 3.63) is 86.3 Å². The van der Waals surface area contributed by atoms with Crippen LogP contribution >= 0.6 is 50.9 Å². The number of rotatable bonds is 12. The molecule has 4 aromatic rings. The fourth-order valence-corrected chi connectivity index (χ4v) is 5.11. The quantitative estimate of drug-likeness (QED) is 0.144. The lowest BCUT2D eigenvalue weighted by molar-refractivity contribution is 0.269. The predicted octanol–water partition coefficient (Wildman–Crippen LogP) is 6.59. The van der Waals surface area contributed by atoms with E-state index < -0.39 is 0 Å². The van der Waals surface area contributed by atoms with Gasteiger partial charge in [-0.15, -0.1) is 5.10 Å². The number of halogens is 3. The van der Waals surface area contributed by atoms with E-state index in [1.165, 1.54) is 0 Å². The van der Waals surface area contributed by atoms with Crippen molar-refractivity contribution in [2.45, 2.75) is 25.2 Å². The molecular formula is C25H24BrCl2N5O2S. The van der Waals surface area contributed by atoms with Crippen molar-refractivity contribution in [2.24, 2.45) is 0 Å². The van der Waals surface area contributed by atoms with E-state index in [1.807, 2.05) is 55.5 Å². The Morgan fingerprint density at radius 1 is 1.00 bits per heavy atom. The summed E-state index contributed by atoms with van der Waals surface area (Å²) in [6.45, 7) is 4.12. The van der Waals surface area contributed by atoms with Crippen LogP contribution in [0.2, 0.25) is 10.0 Å². The van der Waals surface area contributed by atoms with Gasteiger partial charge in [0, 0.05) is 38.9 Å². The van der Waals surface area contributed by atoms with Gasteiger partial charge in [0.1, 0.15) is 6.61 Å². The topological polar surface area (TPSA) is 74.1 Å². The Balaban J connectivity index is 1.33. The Bertz CT molecular complexity index is 1270. The first-order valence-electron chi connectivity index (χ1n) is 11.2. The van der Waals surface area contributed by atoms with Crippen molar-refractivity contribution in [1.29, 1.82) is 0 Å². The monoisotopic (exact) mass is 607 g/mol. The van der Waals surface area contributed by atoms with E-state index in [1.54, 1.807) is 28.6 Å². The average molecular weight is 609 g/mol. The van der Waals surface area contributed by atoms with Crippen LogP contribution in [0.25, 0.3) is 5.69 Å². The standard InChI is InChI=1S/C25H24BrCl2N5O2S/c1-2-34-23-13-17(20(26)14-24(23)35-16-19-21(27)9-6-10-22(19)28)15-29-11-12-36-25-30-31-32-33(25)18-7-4-3-5-8-18/h3-10,13-14,29H,2,11-12,15-16H2,1H3. The highest BCUT2D eigenvalue weighted by Gasteiger charge is 2.14. The first kappa shape index (κ1) is 26.8. The normalized spacial score (nSPS) is 11.0. The third-order valence-corrected chi connectivity index (χ3v) is 7.48. The van der Waals surface area contributed by atoms with E-state index in [4.69, 9.17) is 32.7 Å². The maximum atomic E-state index is 6.28. The van der Waals surface area contributed by atoms with E-state index in [-0.39, 0.29) is 6.61 Å². The highest BCUT2D eigenvalue weighted by atomic mass is 79.9. The molecule has 0 radical (unpaired) electrons. The molecule has 0 aliphatic carbocycles. The molecule has 0 atom stereocenters. The SMILES string of the molecule is CCOc1cc(CNCCSc2nnnn2-c2ccccc2)c(Br)cc1OCc1c(Cl)cccc1Cl. The molecule has 188 valence electrons. The van der Waals surface area contributed by atoms with Crippen LogP contribution in [0.15, 0.2) is 70.3 Å². The van der Waals surface area contributed by atoms with Gasteiger partial charge in [-0.1, -0.05) is 75.2 Å². The van der Waals surface area contributed by atoms with Crippen molar-refractivity contribution < 1.29 is 9.47 Å². The zero-order valence-electron chi connectivity index (χ0n) is 19.5. The number of thioether (sulfide) groups is 1. The first-order chi connectivity index (χ1) is 17.6. The van der Waals surface area contributed by atoms with Crippen molar-refractivity contribution in [3.8, 4) is 17.2 Å². The summed E-state index contributed by atoms with van der Waals surface area (Å²) in [6, 6.07) is 19.1. The van der Waals surface area contributed by atoms with Crippen LogP contribution in [0, 0.1) is 0 Å². The lowest BCUT2D eigenvalue weighted by atomic mass is 10.2. The molecule has 0 bridgehead atoms. The van der Waals surface area contributed by atoms with Crippen LogP contribution in [0.4, 0.5) is 0 Å². The van der Waals surface area contributed by atoms with Crippen LogP contribution < -0.4 is 14.8 Å². The molecule has 3 aromatic carbocycles. The Kier molecular flexibility index (Phi) is 9.89. The molecule has 36 heavy (non-hydrogen) atoms. The number of ether oxygens (including phenoxy) is 2. The van der Waals surface area contributed by atoms with Gasteiger partial charge in [0.05, 0.1) is 12.3 Å². The summed E-state index contributed by atoms with van der Waals surface area (Å²) in [4.78, 5) is 0. The third kappa shape index (κ3) is 6.92. The number of hydrogen-bond donors (Lipinski definition) is 1. The Hall–Kier alpha value is -2.30. The molecule has 0 unspecified atom stereocenters. The molecule has 4 rings (SSSR count). The van der Waals surface area contributed by atoms with Crippen LogP contribution in [-0.2, 0) is 13.2 Å². The lowest BCUT2D eigenvalue weighted by Crippen LogP contribution is -2.17. The van der Waals surface area contributed by atoms with Crippen LogP contribution in [0.5, 0.6) is 11.5 Å². The fraction of sp³-hybridized carbons (Fsp3) is 0.240. The lowest BCUT2D eigenvalue weighted by Gasteiger charge is -2.16. The predicted molar refractivity (Wildman–Crippen MR) is 148 cm³/mol. The van der Waals surface area contributed by atoms with Gasteiger partial charge in [-0.2, -0.15) is 4.68 Å². The summed E-state index contributed by atoms with van der Waals surface area (Å²) in [5, 5.41) is 17.4. The summed E-state index contributed by atoms with van der Waals surface area (Å²) >= 11 is 17.8. The number of aromatic nitrogens is 4. The highest BCUT2D eigenvalue weighted by Crippen LogP contribution is 2.35. The zero-order valence-corrected chi connectivity index (χ0v) is 23.4. The van der Waals surface area contributed by atoms with E-state index in [9.17, 15) is 0 Å². The number of tetrazole rings is 1. The maximum Gasteiger partial charge on any atom is 0.214 e. The third-order valence-electron chi connectivity index (χ3n) is 5.11. The Morgan fingerprint density at radius 2 is 1.75 bits per heavy atom. The van der Waals surface area contributed by atoms with E-state index in [2.05, 4.69) is 36.8 Å². The second-order valence-electron chi connectivity index (χ2n) is 7.55. The minimum Gasteiger partial charge on any atom is -0.490 e. The van der Waals surface area contributed by atoms with Gasteiger partial charge in [-0.25, -0.2) is 0 Å². The molecule has 0 aliphatic rings. The second-order valence-corrected chi connectivity index (χ2v) is 10.3. The van der Waals surface area contributed by atoms with Crippen LogP contribution in [0.3, 0.4) is 0 Å². The molecule has 0 saturated carbocycles. The first-order valence-corrected chi connectivity index (χ1v) is 13.8. The molecule has 0 amide bonds. The van der Waals surface area contributed by atoms with Crippen molar-refractivity contribution in [3.63, 3.8) is 0 Å². The molecule has 1 N–H and O–H groups in total. The van der Waals surface area contributed by atoms with Crippen molar-refractivity contribution in [1.82, 2.24) is 25.5 Å². The number of nitrogens with zero attached hydrogens (tertiary/aromatic N) is 4. The molecule has 1 heterocycles. The van der Waals surface area contributed by atoms with Gasteiger partial charge >= 0.3 is 0 Å². The molecule has 0 spiro atoms. The summed E-state index contributed by atoms with van der Waals surface area (Å²) in [7, 11) is 0. The van der Waals surface area contributed by atoms with E-state index >= 15 is 0 Å². The van der Waals surface area contributed by atoms with Gasteiger partial charge in [0.25, 0.3) is 0 Å². The largest absolute Gasteiger partial charge is 0.490 e. The molecular weight excluding hydrogens is 585 g/mol. The second kappa shape index (κ2) is 13.3. The summed E-state index contributed by atoms with van der Waals surface area (Å²) in [5.74, 6) is 2.09. The maximum absolute atomic E-state index is 6.28. The van der Waals surface area contributed by atoms with Crippen molar-refractivity contribution in [2.75, 3.05) is 18.9 Å². The molecule has 0 fully saturated rings. The minimum absolute atomic E-state index is 0.238. The van der Waals surface area contributed by atoms with E-state index in [0.717, 1.165) is 38.7 Å². The smallest absolute Gasteiger partial charge is 0.214 e. The Morgan fingerprint density at radius 3 is 2.50 bits per heavy atom. The minimum atomic E-state index is 0.238.